The summed E-state index contributed by atoms with van der Waals surface area (Å²) >= 11 is 0. The van der Waals surface area contributed by atoms with Gasteiger partial charge in [-0.3, -0.25) is 0 Å². The van der Waals surface area contributed by atoms with Crippen molar-refractivity contribution < 1.29 is 9.53 Å². The minimum atomic E-state index is -0.143. The summed E-state index contributed by atoms with van der Waals surface area (Å²) in [5.74, 6) is 0.199. The van der Waals surface area contributed by atoms with E-state index in [1.54, 1.807) is 0 Å². The van der Waals surface area contributed by atoms with E-state index in [0.29, 0.717) is 5.92 Å². The van der Waals surface area contributed by atoms with Crippen molar-refractivity contribution in [1.29, 1.82) is 0 Å². The van der Waals surface area contributed by atoms with Gasteiger partial charge < -0.3 is 4.74 Å². The molecule has 0 bridgehead atoms. The average molecular weight is 260 g/mol. The molecule has 0 spiro atoms. The van der Waals surface area contributed by atoms with Gasteiger partial charge in [0.15, 0.2) is 0 Å². The summed E-state index contributed by atoms with van der Waals surface area (Å²) in [7, 11) is 0. The fourth-order valence-corrected chi connectivity index (χ4v) is 2.74. The molecule has 1 saturated carbocycles. The lowest BCUT2D eigenvalue weighted by atomic mass is 9.94. The van der Waals surface area contributed by atoms with Crippen molar-refractivity contribution in [2.75, 3.05) is 0 Å². The van der Waals surface area contributed by atoms with E-state index in [1.165, 1.54) is 24.8 Å². The number of ether oxygens (including phenoxy) is 1. The monoisotopic (exact) mass is 260 g/mol. The van der Waals surface area contributed by atoms with Crippen LogP contribution in [0.3, 0.4) is 0 Å². The number of esters is 1. The third-order valence-corrected chi connectivity index (χ3v) is 3.87. The van der Waals surface area contributed by atoms with E-state index in [-0.39, 0.29) is 12.1 Å². The first kappa shape index (κ1) is 14.1. The van der Waals surface area contributed by atoms with Gasteiger partial charge in [0.2, 0.25) is 0 Å². The van der Waals surface area contributed by atoms with E-state index in [9.17, 15) is 4.79 Å². The van der Waals surface area contributed by atoms with Crippen molar-refractivity contribution in [2.24, 2.45) is 0 Å². The number of aryl methyl sites for hydroxylation is 1. The molecule has 0 amide bonds. The molecule has 0 saturated heterocycles. The third-order valence-electron chi connectivity index (χ3n) is 3.87. The number of carbonyl (C=O) groups excluding carboxylic acids is 1. The van der Waals surface area contributed by atoms with Crippen LogP contribution in [0.15, 0.2) is 18.2 Å². The SMILES string of the molecule is Cc1ccc(C(=O)OC2CCCCC2)c(C(C)C)c1. The molecule has 2 nitrogen and oxygen atoms in total. The molecule has 0 aliphatic heterocycles. The van der Waals surface area contributed by atoms with Crippen LogP contribution in [0.2, 0.25) is 0 Å². The Morgan fingerprint density at radius 2 is 1.89 bits per heavy atom. The second kappa shape index (κ2) is 6.23. The molecule has 0 unspecified atom stereocenters. The maximum Gasteiger partial charge on any atom is 0.338 e. The Kier molecular flexibility index (Phi) is 4.62. The molecular formula is C17H24O2. The molecule has 1 aromatic carbocycles. The Balaban J connectivity index is 2.13. The highest BCUT2D eigenvalue weighted by Gasteiger charge is 2.21. The molecule has 1 aliphatic rings. The van der Waals surface area contributed by atoms with Gasteiger partial charge in [0, 0.05) is 0 Å². The minimum absolute atomic E-state index is 0.127. The zero-order valence-corrected chi connectivity index (χ0v) is 12.2. The van der Waals surface area contributed by atoms with Gasteiger partial charge in [-0.05, 0) is 50.2 Å². The lowest BCUT2D eigenvalue weighted by Gasteiger charge is -2.23. The van der Waals surface area contributed by atoms with Crippen molar-refractivity contribution in [2.45, 2.75) is 64.9 Å². The molecule has 1 aromatic rings. The summed E-state index contributed by atoms with van der Waals surface area (Å²) in [6.07, 6.45) is 5.81. The maximum absolute atomic E-state index is 12.3. The van der Waals surface area contributed by atoms with Crippen molar-refractivity contribution in [3.05, 3.63) is 34.9 Å². The molecule has 0 heterocycles. The predicted molar refractivity (Wildman–Crippen MR) is 77.6 cm³/mol. The van der Waals surface area contributed by atoms with E-state index >= 15 is 0 Å². The van der Waals surface area contributed by atoms with E-state index in [2.05, 4.69) is 26.8 Å². The lowest BCUT2D eigenvalue weighted by Crippen LogP contribution is -2.21. The first-order chi connectivity index (χ1) is 9.08. The molecule has 1 aliphatic carbocycles. The number of rotatable bonds is 3. The van der Waals surface area contributed by atoms with E-state index < -0.39 is 0 Å². The Hall–Kier alpha value is -1.31. The smallest absolute Gasteiger partial charge is 0.338 e. The van der Waals surface area contributed by atoms with Crippen LogP contribution in [0.25, 0.3) is 0 Å². The Morgan fingerprint density at radius 3 is 2.53 bits per heavy atom. The van der Waals surface area contributed by atoms with Crippen LogP contribution < -0.4 is 0 Å². The number of hydrogen-bond donors (Lipinski definition) is 0. The van der Waals surface area contributed by atoms with Gasteiger partial charge in [-0.1, -0.05) is 38.0 Å². The summed E-state index contributed by atoms with van der Waals surface area (Å²) in [6.45, 7) is 6.29. The van der Waals surface area contributed by atoms with Crippen LogP contribution in [0.4, 0.5) is 0 Å². The largest absolute Gasteiger partial charge is 0.459 e. The van der Waals surface area contributed by atoms with Gasteiger partial charge >= 0.3 is 5.97 Å². The van der Waals surface area contributed by atoms with Crippen LogP contribution in [-0.4, -0.2) is 12.1 Å². The highest BCUT2D eigenvalue weighted by molar-refractivity contribution is 5.91. The molecule has 1 fully saturated rings. The average Bonchev–Trinajstić information content (AvgIpc) is 2.39. The van der Waals surface area contributed by atoms with E-state index in [4.69, 9.17) is 4.74 Å². The van der Waals surface area contributed by atoms with Gasteiger partial charge in [-0.15, -0.1) is 0 Å². The summed E-state index contributed by atoms with van der Waals surface area (Å²) in [4.78, 5) is 12.3. The molecule has 2 heteroatoms. The Morgan fingerprint density at radius 1 is 1.21 bits per heavy atom. The van der Waals surface area contributed by atoms with Crippen LogP contribution >= 0.6 is 0 Å². The van der Waals surface area contributed by atoms with Crippen LogP contribution in [-0.2, 0) is 4.74 Å². The highest BCUT2D eigenvalue weighted by Crippen LogP contribution is 2.25. The van der Waals surface area contributed by atoms with E-state index in [0.717, 1.165) is 24.0 Å². The molecule has 104 valence electrons. The van der Waals surface area contributed by atoms with Crippen molar-refractivity contribution in [1.82, 2.24) is 0 Å². The standard InChI is InChI=1S/C17H24O2/c1-12(2)16-11-13(3)9-10-15(16)17(18)19-14-7-5-4-6-8-14/h9-12,14H,4-8H2,1-3H3. The van der Waals surface area contributed by atoms with Crippen molar-refractivity contribution >= 4 is 5.97 Å². The Bertz CT molecular complexity index is 443. The molecular weight excluding hydrogens is 236 g/mol. The zero-order chi connectivity index (χ0) is 13.8. The molecule has 19 heavy (non-hydrogen) atoms. The van der Waals surface area contributed by atoms with Gasteiger partial charge in [0.05, 0.1) is 5.56 Å². The maximum atomic E-state index is 12.3. The fourth-order valence-electron chi connectivity index (χ4n) is 2.74. The zero-order valence-electron chi connectivity index (χ0n) is 12.2. The molecule has 0 aromatic heterocycles. The van der Waals surface area contributed by atoms with Gasteiger partial charge in [-0.25, -0.2) is 4.79 Å². The second-order valence-corrected chi connectivity index (χ2v) is 5.91. The van der Waals surface area contributed by atoms with Crippen LogP contribution in [0.5, 0.6) is 0 Å². The molecule has 0 N–H and O–H groups in total. The van der Waals surface area contributed by atoms with Gasteiger partial charge in [0.25, 0.3) is 0 Å². The lowest BCUT2D eigenvalue weighted by molar-refractivity contribution is 0.0209. The summed E-state index contributed by atoms with van der Waals surface area (Å²) < 4.78 is 5.67. The quantitative estimate of drug-likeness (QED) is 0.742. The van der Waals surface area contributed by atoms with Crippen molar-refractivity contribution in [3.63, 3.8) is 0 Å². The molecule has 0 atom stereocenters. The number of benzene rings is 1. The van der Waals surface area contributed by atoms with Crippen LogP contribution in [0.1, 0.15) is 73.4 Å². The van der Waals surface area contributed by atoms with Gasteiger partial charge in [0.1, 0.15) is 6.10 Å². The molecule has 0 radical (unpaired) electrons. The first-order valence-electron chi connectivity index (χ1n) is 7.39. The van der Waals surface area contributed by atoms with E-state index in [1.807, 2.05) is 12.1 Å². The highest BCUT2D eigenvalue weighted by atomic mass is 16.5. The van der Waals surface area contributed by atoms with Crippen molar-refractivity contribution in [3.8, 4) is 0 Å². The van der Waals surface area contributed by atoms with Crippen LogP contribution in [0, 0.1) is 6.92 Å². The minimum Gasteiger partial charge on any atom is -0.459 e. The summed E-state index contributed by atoms with van der Waals surface area (Å²) in [6, 6.07) is 6.00. The predicted octanol–water partition coefficient (Wildman–Crippen LogP) is 4.61. The number of carbonyl (C=O) groups is 1. The summed E-state index contributed by atoms with van der Waals surface area (Å²) in [5.41, 5.74) is 3.03. The number of hydrogen-bond acceptors (Lipinski definition) is 2. The summed E-state index contributed by atoms with van der Waals surface area (Å²) in [5, 5.41) is 0. The first-order valence-corrected chi connectivity index (χ1v) is 7.39. The second-order valence-electron chi connectivity index (χ2n) is 5.91. The normalized spacial score (nSPS) is 16.6. The van der Waals surface area contributed by atoms with Gasteiger partial charge in [-0.2, -0.15) is 0 Å². The topological polar surface area (TPSA) is 26.3 Å². The third kappa shape index (κ3) is 3.59. The Labute approximate surface area is 116 Å². The molecule has 2 rings (SSSR count). The fraction of sp³-hybridized carbons (Fsp3) is 0.588.